The van der Waals surface area contributed by atoms with Crippen LogP contribution < -0.4 is 10.1 Å². The topological polar surface area (TPSA) is 77.1 Å². The quantitative estimate of drug-likeness (QED) is 0.347. The lowest BCUT2D eigenvalue weighted by Gasteiger charge is -2.44. The number of esters is 1. The number of nitrogens with one attached hydrogen (secondary N) is 1. The Kier molecular flexibility index (Phi) is 5.32. The van der Waals surface area contributed by atoms with Crippen molar-refractivity contribution in [1.82, 2.24) is 4.90 Å². The number of piperidine rings is 1. The van der Waals surface area contributed by atoms with Crippen molar-refractivity contribution in [2.45, 2.75) is 24.3 Å². The third-order valence-corrected chi connectivity index (χ3v) is 6.96. The van der Waals surface area contributed by atoms with Gasteiger partial charge in [-0.1, -0.05) is 12.1 Å². The van der Waals surface area contributed by atoms with Crippen molar-refractivity contribution >= 4 is 17.6 Å². The number of nitrogens with zero attached hydrogens (tertiary/aromatic N) is 1. The molecule has 160 valence electrons. The Hall–Kier alpha value is -2.80. The van der Waals surface area contributed by atoms with E-state index in [0.717, 1.165) is 30.1 Å². The lowest BCUT2D eigenvalue weighted by Crippen LogP contribution is -2.53. The Labute approximate surface area is 176 Å². The van der Waals surface area contributed by atoms with Crippen molar-refractivity contribution in [3.63, 3.8) is 0 Å². The zero-order valence-electron chi connectivity index (χ0n) is 17.6. The largest absolute Gasteiger partial charge is 0.504 e. The SMILES string of the molecule is C=C[C@H]1CN2CC[C@]3(C(=O)Nc4cccc(OC)c43)[C@@H]2C[C@@H]1C(=COC)C(=O)OC. The van der Waals surface area contributed by atoms with Crippen LogP contribution in [0.2, 0.25) is 0 Å². The van der Waals surface area contributed by atoms with Crippen LogP contribution in [0, 0.1) is 11.8 Å². The number of methoxy groups -OCH3 is 3. The smallest absolute Gasteiger partial charge is 0.337 e. The zero-order valence-corrected chi connectivity index (χ0v) is 17.6. The van der Waals surface area contributed by atoms with Crippen LogP contribution in [0.5, 0.6) is 5.75 Å². The lowest BCUT2D eigenvalue weighted by atomic mass is 9.67. The molecule has 7 heteroatoms. The monoisotopic (exact) mass is 412 g/mol. The fourth-order valence-electron chi connectivity index (χ4n) is 5.63. The Morgan fingerprint density at radius 1 is 1.33 bits per heavy atom. The number of anilines is 1. The molecule has 0 bridgehead atoms. The molecule has 0 unspecified atom stereocenters. The van der Waals surface area contributed by atoms with Gasteiger partial charge in [0.2, 0.25) is 5.91 Å². The summed E-state index contributed by atoms with van der Waals surface area (Å²) in [6, 6.07) is 5.64. The van der Waals surface area contributed by atoms with Crippen molar-refractivity contribution in [3.05, 3.63) is 48.3 Å². The van der Waals surface area contributed by atoms with E-state index in [1.807, 2.05) is 24.3 Å². The van der Waals surface area contributed by atoms with Gasteiger partial charge in [0.15, 0.2) is 0 Å². The fourth-order valence-corrected chi connectivity index (χ4v) is 5.63. The summed E-state index contributed by atoms with van der Waals surface area (Å²) in [4.78, 5) is 28.2. The Balaban J connectivity index is 1.79. The van der Waals surface area contributed by atoms with E-state index in [2.05, 4.69) is 16.8 Å². The third kappa shape index (κ3) is 2.83. The van der Waals surface area contributed by atoms with Crippen LogP contribution in [0.25, 0.3) is 0 Å². The summed E-state index contributed by atoms with van der Waals surface area (Å²) in [5, 5.41) is 3.07. The van der Waals surface area contributed by atoms with E-state index in [1.165, 1.54) is 20.5 Å². The molecule has 3 heterocycles. The normalized spacial score (nSPS) is 30.4. The minimum atomic E-state index is -0.708. The second-order valence-electron chi connectivity index (χ2n) is 8.11. The van der Waals surface area contributed by atoms with E-state index in [0.29, 0.717) is 18.4 Å². The van der Waals surface area contributed by atoms with E-state index in [-0.39, 0.29) is 23.8 Å². The molecule has 3 aliphatic heterocycles. The molecule has 1 amide bonds. The summed E-state index contributed by atoms with van der Waals surface area (Å²) in [6.45, 7) is 5.52. The summed E-state index contributed by atoms with van der Waals surface area (Å²) in [5.74, 6) is 0.204. The van der Waals surface area contributed by atoms with E-state index < -0.39 is 11.4 Å². The number of carbonyl (C=O) groups is 2. The van der Waals surface area contributed by atoms with Gasteiger partial charge in [-0.2, -0.15) is 0 Å². The third-order valence-electron chi connectivity index (χ3n) is 6.96. The molecule has 2 saturated heterocycles. The van der Waals surface area contributed by atoms with Gasteiger partial charge >= 0.3 is 5.97 Å². The van der Waals surface area contributed by atoms with Crippen LogP contribution in [-0.4, -0.2) is 57.2 Å². The standard InChI is InChI=1S/C23H28N2O5/c1-5-14-12-25-10-9-23(19(25)11-15(14)16(13-28-2)21(26)30-4)20-17(24-22(23)27)7-6-8-18(20)29-3/h5-8,13-15,19H,1,9-12H2,2-4H3,(H,24,27)/t14-,15-,19-,23-/m0/s1. The van der Waals surface area contributed by atoms with Gasteiger partial charge in [-0.25, -0.2) is 4.79 Å². The number of rotatable bonds is 5. The predicted octanol–water partition coefficient (Wildman–Crippen LogP) is 2.48. The van der Waals surface area contributed by atoms with Crippen LogP contribution in [-0.2, 0) is 24.5 Å². The summed E-state index contributed by atoms with van der Waals surface area (Å²) < 4.78 is 15.9. The van der Waals surface area contributed by atoms with Gasteiger partial charge in [0.25, 0.3) is 0 Å². The number of fused-ring (bicyclic) bond motifs is 4. The van der Waals surface area contributed by atoms with Gasteiger partial charge in [-0.3, -0.25) is 9.69 Å². The average Bonchev–Trinajstić information content (AvgIpc) is 3.28. The molecular weight excluding hydrogens is 384 g/mol. The molecule has 0 saturated carbocycles. The summed E-state index contributed by atoms with van der Waals surface area (Å²) >= 11 is 0. The fraction of sp³-hybridized carbons (Fsp3) is 0.478. The first kappa shape index (κ1) is 20.5. The molecule has 4 atom stereocenters. The van der Waals surface area contributed by atoms with E-state index in [4.69, 9.17) is 14.2 Å². The second-order valence-corrected chi connectivity index (χ2v) is 8.11. The highest BCUT2D eigenvalue weighted by Gasteiger charge is 2.61. The molecule has 2 fully saturated rings. The maximum absolute atomic E-state index is 13.4. The molecule has 1 N–H and O–H groups in total. The molecule has 0 radical (unpaired) electrons. The molecule has 7 nitrogen and oxygen atoms in total. The Bertz CT molecular complexity index is 911. The van der Waals surface area contributed by atoms with E-state index in [9.17, 15) is 9.59 Å². The molecule has 1 spiro atoms. The van der Waals surface area contributed by atoms with E-state index in [1.54, 1.807) is 7.11 Å². The number of ether oxygens (including phenoxy) is 3. The number of benzene rings is 1. The van der Waals surface area contributed by atoms with Crippen molar-refractivity contribution in [2.75, 3.05) is 39.7 Å². The van der Waals surface area contributed by atoms with Crippen molar-refractivity contribution in [1.29, 1.82) is 0 Å². The molecule has 3 aliphatic rings. The highest BCUT2D eigenvalue weighted by atomic mass is 16.5. The van der Waals surface area contributed by atoms with Crippen LogP contribution in [0.1, 0.15) is 18.4 Å². The van der Waals surface area contributed by atoms with Gasteiger partial charge in [-0.15, -0.1) is 6.58 Å². The maximum Gasteiger partial charge on any atom is 0.337 e. The van der Waals surface area contributed by atoms with E-state index >= 15 is 0 Å². The number of carbonyl (C=O) groups excluding carboxylic acids is 2. The highest BCUT2D eigenvalue weighted by molar-refractivity contribution is 6.08. The summed E-state index contributed by atoms with van der Waals surface area (Å²) in [5.41, 5.74) is 1.51. The predicted molar refractivity (Wildman–Crippen MR) is 112 cm³/mol. The van der Waals surface area contributed by atoms with Crippen LogP contribution in [0.15, 0.2) is 42.7 Å². The van der Waals surface area contributed by atoms with Crippen LogP contribution >= 0.6 is 0 Å². The van der Waals surface area contributed by atoms with Gasteiger partial charge in [0.1, 0.15) is 5.75 Å². The van der Waals surface area contributed by atoms with Gasteiger partial charge in [-0.05, 0) is 37.4 Å². The average molecular weight is 412 g/mol. The molecule has 1 aromatic carbocycles. The van der Waals surface area contributed by atoms with Crippen molar-refractivity contribution < 1.29 is 23.8 Å². The molecular formula is C23H28N2O5. The number of amides is 1. The molecule has 4 rings (SSSR count). The van der Waals surface area contributed by atoms with Crippen molar-refractivity contribution in [3.8, 4) is 5.75 Å². The van der Waals surface area contributed by atoms with Crippen LogP contribution in [0.3, 0.4) is 0 Å². The lowest BCUT2D eigenvalue weighted by molar-refractivity contribution is -0.137. The molecule has 0 aromatic heterocycles. The highest BCUT2D eigenvalue weighted by Crippen LogP contribution is 2.55. The zero-order chi connectivity index (χ0) is 21.5. The van der Waals surface area contributed by atoms with Crippen molar-refractivity contribution in [2.24, 2.45) is 11.8 Å². The van der Waals surface area contributed by atoms with Gasteiger partial charge < -0.3 is 19.5 Å². The van der Waals surface area contributed by atoms with Gasteiger partial charge in [0, 0.05) is 29.8 Å². The number of hydrogen-bond donors (Lipinski definition) is 1. The summed E-state index contributed by atoms with van der Waals surface area (Å²) in [6.07, 6.45) is 4.68. The number of hydrogen-bond acceptors (Lipinski definition) is 6. The Morgan fingerprint density at radius 2 is 2.13 bits per heavy atom. The first-order chi connectivity index (χ1) is 14.5. The van der Waals surface area contributed by atoms with Crippen LogP contribution in [0.4, 0.5) is 5.69 Å². The van der Waals surface area contributed by atoms with Gasteiger partial charge in [0.05, 0.1) is 38.6 Å². The summed E-state index contributed by atoms with van der Waals surface area (Å²) in [7, 11) is 4.52. The molecule has 0 aliphatic carbocycles. The second kappa shape index (κ2) is 7.80. The minimum absolute atomic E-state index is 0.000595. The Morgan fingerprint density at radius 3 is 2.80 bits per heavy atom. The minimum Gasteiger partial charge on any atom is -0.504 e. The molecule has 1 aromatic rings. The maximum atomic E-state index is 13.4. The molecule has 30 heavy (non-hydrogen) atoms. The first-order valence-electron chi connectivity index (χ1n) is 10.2. The first-order valence-corrected chi connectivity index (χ1v) is 10.2.